The lowest BCUT2D eigenvalue weighted by Gasteiger charge is -2.17. The van der Waals surface area contributed by atoms with Gasteiger partial charge >= 0.3 is 0 Å². The molecule has 0 aliphatic carbocycles. The van der Waals surface area contributed by atoms with Crippen LogP contribution in [0.3, 0.4) is 0 Å². The van der Waals surface area contributed by atoms with Crippen molar-refractivity contribution in [3.05, 3.63) is 12.2 Å². The molecule has 0 saturated heterocycles. The fourth-order valence-electron chi connectivity index (χ4n) is 1.10. The molecule has 0 N–H and O–H groups in total. The van der Waals surface area contributed by atoms with E-state index in [2.05, 4.69) is 6.92 Å². The maximum absolute atomic E-state index is 9.98. The Morgan fingerprint density at radius 1 is 1.55 bits per heavy atom. The summed E-state index contributed by atoms with van der Waals surface area (Å²) in [6, 6.07) is 0. The highest BCUT2D eigenvalue weighted by atomic mass is 16.5. The van der Waals surface area contributed by atoms with Crippen LogP contribution in [0.25, 0.3) is 0 Å². The molecule has 0 aromatic rings. The Morgan fingerprint density at radius 3 is 2.55 bits per heavy atom. The van der Waals surface area contributed by atoms with E-state index in [1.807, 2.05) is 13.0 Å². The summed E-state index contributed by atoms with van der Waals surface area (Å²) in [4.78, 5) is 9.98. The van der Waals surface area contributed by atoms with E-state index >= 15 is 0 Å². The van der Waals surface area contributed by atoms with Crippen LogP contribution >= 0.6 is 0 Å². The highest BCUT2D eigenvalue weighted by Gasteiger charge is 2.10. The molecule has 2 nitrogen and oxygen atoms in total. The minimum absolute atomic E-state index is 0.228. The van der Waals surface area contributed by atoms with E-state index in [1.165, 1.54) is 6.08 Å². The lowest BCUT2D eigenvalue weighted by Crippen LogP contribution is -2.17. The van der Waals surface area contributed by atoms with Crippen LogP contribution in [0.1, 0.15) is 20.3 Å². The van der Waals surface area contributed by atoms with E-state index in [0.29, 0.717) is 5.92 Å². The van der Waals surface area contributed by atoms with Crippen LogP contribution in [0.2, 0.25) is 0 Å². The van der Waals surface area contributed by atoms with Gasteiger partial charge < -0.3 is 4.74 Å². The quantitative estimate of drug-likeness (QED) is 0.448. The van der Waals surface area contributed by atoms with Crippen LogP contribution in [0.15, 0.2) is 12.2 Å². The summed E-state index contributed by atoms with van der Waals surface area (Å²) in [6.07, 6.45) is 5.38. The molecule has 0 aliphatic rings. The number of ether oxygens (including phenoxy) is 1. The summed E-state index contributed by atoms with van der Waals surface area (Å²) in [5.41, 5.74) is 0. The van der Waals surface area contributed by atoms with Crippen molar-refractivity contribution in [3.8, 4) is 0 Å². The van der Waals surface area contributed by atoms with Crippen molar-refractivity contribution >= 4 is 6.29 Å². The van der Waals surface area contributed by atoms with Crippen molar-refractivity contribution in [3.63, 3.8) is 0 Å². The van der Waals surface area contributed by atoms with Gasteiger partial charge in [0.25, 0.3) is 0 Å². The Hall–Kier alpha value is -0.630. The fourth-order valence-corrected chi connectivity index (χ4v) is 1.10. The molecule has 64 valence electrons. The van der Waals surface area contributed by atoms with E-state index in [0.717, 1.165) is 12.7 Å². The van der Waals surface area contributed by atoms with Crippen LogP contribution < -0.4 is 0 Å². The molecule has 11 heavy (non-hydrogen) atoms. The number of carbonyl (C=O) groups excluding carboxylic acids is 1. The first-order valence-corrected chi connectivity index (χ1v) is 3.91. The molecular formula is C9H16O2. The molecule has 0 saturated carbocycles. The summed E-state index contributed by atoms with van der Waals surface area (Å²) in [5.74, 6) is 0.315. The molecule has 2 heteroatoms. The van der Waals surface area contributed by atoms with Gasteiger partial charge in [-0.2, -0.15) is 0 Å². The number of carbonyl (C=O) groups is 1. The molecule has 0 fully saturated rings. The van der Waals surface area contributed by atoms with Crippen molar-refractivity contribution in [2.24, 2.45) is 5.92 Å². The number of allylic oxidation sites excluding steroid dienone is 1. The van der Waals surface area contributed by atoms with Crippen LogP contribution in [-0.4, -0.2) is 19.5 Å². The zero-order chi connectivity index (χ0) is 8.69. The van der Waals surface area contributed by atoms with Gasteiger partial charge in [0, 0.05) is 13.0 Å². The monoisotopic (exact) mass is 156 g/mol. The molecule has 0 radical (unpaired) electrons. The van der Waals surface area contributed by atoms with E-state index in [9.17, 15) is 4.79 Å². The highest BCUT2D eigenvalue weighted by Crippen LogP contribution is 2.10. The second kappa shape index (κ2) is 6.10. The summed E-state index contributed by atoms with van der Waals surface area (Å²) >= 11 is 0. The first kappa shape index (κ1) is 10.4. The maximum atomic E-state index is 9.98. The summed E-state index contributed by atoms with van der Waals surface area (Å²) in [7, 11) is 1.69. The van der Waals surface area contributed by atoms with Gasteiger partial charge in [-0.3, -0.25) is 4.79 Å². The van der Waals surface area contributed by atoms with E-state index in [4.69, 9.17) is 4.74 Å². The molecule has 2 unspecified atom stereocenters. The Kier molecular flexibility index (Phi) is 5.75. The zero-order valence-corrected chi connectivity index (χ0v) is 7.41. The standard InChI is InChI=1S/C9H16O2/c1-4-9(11-3)8(2)6-5-7-10/h5-9H,4H2,1-3H3. The lowest BCUT2D eigenvalue weighted by atomic mass is 10.0. The second-order valence-corrected chi connectivity index (χ2v) is 2.56. The first-order chi connectivity index (χ1) is 5.26. The molecule has 0 spiro atoms. The van der Waals surface area contributed by atoms with Gasteiger partial charge in [0.05, 0.1) is 6.10 Å². The van der Waals surface area contributed by atoms with Crippen LogP contribution in [0.4, 0.5) is 0 Å². The van der Waals surface area contributed by atoms with E-state index in [-0.39, 0.29) is 6.10 Å². The number of hydrogen-bond acceptors (Lipinski definition) is 2. The Bertz CT molecular complexity index is 126. The minimum Gasteiger partial charge on any atom is -0.381 e. The summed E-state index contributed by atoms with van der Waals surface area (Å²) in [5, 5.41) is 0. The molecular weight excluding hydrogens is 140 g/mol. The highest BCUT2D eigenvalue weighted by molar-refractivity contribution is 5.64. The maximum Gasteiger partial charge on any atom is 0.142 e. The van der Waals surface area contributed by atoms with Crippen LogP contribution in [0, 0.1) is 5.92 Å². The van der Waals surface area contributed by atoms with Gasteiger partial charge in [-0.05, 0) is 12.5 Å². The predicted octanol–water partition coefficient (Wildman–Crippen LogP) is 1.80. The van der Waals surface area contributed by atoms with Crippen molar-refractivity contribution in [1.82, 2.24) is 0 Å². The number of aldehydes is 1. The molecule has 0 heterocycles. The Morgan fingerprint density at radius 2 is 2.18 bits per heavy atom. The second-order valence-electron chi connectivity index (χ2n) is 2.56. The van der Waals surface area contributed by atoms with Gasteiger partial charge in [-0.25, -0.2) is 0 Å². The van der Waals surface area contributed by atoms with Crippen LogP contribution in [-0.2, 0) is 9.53 Å². The molecule has 0 bridgehead atoms. The van der Waals surface area contributed by atoms with E-state index in [1.54, 1.807) is 7.11 Å². The lowest BCUT2D eigenvalue weighted by molar-refractivity contribution is -0.104. The minimum atomic E-state index is 0.228. The van der Waals surface area contributed by atoms with Crippen molar-refractivity contribution in [1.29, 1.82) is 0 Å². The average Bonchev–Trinajstić information content (AvgIpc) is 2.03. The smallest absolute Gasteiger partial charge is 0.142 e. The molecule has 0 rings (SSSR count). The predicted molar refractivity (Wildman–Crippen MR) is 45.5 cm³/mol. The summed E-state index contributed by atoms with van der Waals surface area (Å²) < 4.78 is 5.19. The molecule has 0 amide bonds. The van der Waals surface area contributed by atoms with Crippen molar-refractivity contribution in [2.75, 3.05) is 7.11 Å². The van der Waals surface area contributed by atoms with Gasteiger partial charge in [0.2, 0.25) is 0 Å². The topological polar surface area (TPSA) is 26.3 Å². The largest absolute Gasteiger partial charge is 0.381 e. The molecule has 0 aromatic carbocycles. The van der Waals surface area contributed by atoms with Gasteiger partial charge in [0.1, 0.15) is 6.29 Å². The normalized spacial score (nSPS) is 16.6. The zero-order valence-electron chi connectivity index (χ0n) is 7.41. The summed E-state index contributed by atoms with van der Waals surface area (Å²) in [6.45, 7) is 4.11. The average molecular weight is 156 g/mol. The first-order valence-electron chi connectivity index (χ1n) is 3.91. The third-order valence-corrected chi connectivity index (χ3v) is 1.78. The fraction of sp³-hybridized carbons (Fsp3) is 0.667. The molecule has 0 aromatic heterocycles. The number of methoxy groups -OCH3 is 1. The van der Waals surface area contributed by atoms with Gasteiger partial charge in [-0.15, -0.1) is 0 Å². The SMILES string of the molecule is CCC(OC)C(C)C=CC=O. The molecule has 0 aliphatic heterocycles. The number of hydrogen-bond donors (Lipinski definition) is 0. The van der Waals surface area contributed by atoms with Gasteiger partial charge in [-0.1, -0.05) is 19.9 Å². The Balaban J connectivity index is 3.86. The van der Waals surface area contributed by atoms with Crippen molar-refractivity contribution < 1.29 is 9.53 Å². The third kappa shape index (κ3) is 3.94. The third-order valence-electron chi connectivity index (χ3n) is 1.78. The van der Waals surface area contributed by atoms with Gasteiger partial charge in [0.15, 0.2) is 0 Å². The van der Waals surface area contributed by atoms with Crippen molar-refractivity contribution in [2.45, 2.75) is 26.4 Å². The Labute approximate surface area is 68.2 Å². The molecule has 2 atom stereocenters. The van der Waals surface area contributed by atoms with E-state index < -0.39 is 0 Å². The van der Waals surface area contributed by atoms with Crippen LogP contribution in [0.5, 0.6) is 0 Å². The number of rotatable bonds is 5.